The van der Waals surface area contributed by atoms with E-state index in [4.69, 9.17) is 4.74 Å². The summed E-state index contributed by atoms with van der Waals surface area (Å²) < 4.78 is 5.08. The molecule has 0 heterocycles. The first-order valence-corrected chi connectivity index (χ1v) is 4.72. The molecule has 0 saturated heterocycles. The third-order valence-electron chi connectivity index (χ3n) is 1.39. The minimum Gasteiger partial charge on any atom is -0.496 e. The van der Waals surface area contributed by atoms with Gasteiger partial charge >= 0.3 is 0 Å². The van der Waals surface area contributed by atoms with Gasteiger partial charge in [-0.05, 0) is 19.1 Å². The maximum atomic E-state index is 5.08. The maximum absolute atomic E-state index is 5.08. The molecule has 0 aromatic heterocycles. The molecule has 1 aromatic rings. The van der Waals surface area contributed by atoms with E-state index < -0.39 is 0 Å². The molecule has 0 fully saturated rings. The lowest BCUT2D eigenvalue weighted by Crippen LogP contribution is -1.97. The standard InChI is InChI=1S/C8H11OP.C2H6/c1-6-3-4-7(9-2)8(10)5-6;1-2/h3-5H,10H2,1-2H3;1-2H3. The van der Waals surface area contributed by atoms with Crippen LogP contribution in [0, 0.1) is 6.92 Å². The Morgan fingerprint density at radius 1 is 1.25 bits per heavy atom. The van der Waals surface area contributed by atoms with Gasteiger partial charge in [-0.2, -0.15) is 0 Å². The van der Waals surface area contributed by atoms with Gasteiger partial charge in [-0.15, -0.1) is 9.24 Å². The molecular weight excluding hydrogens is 167 g/mol. The molecule has 0 aliphatic rings. The van der Waals surface area contributed by atoms with Crippen molar-refractivity contribution in [3.63, 3.8) is 0 Å². The zero-order chi connectivity index (χ0) is 9.56. The molecule has 0 radical (unpaired) electrons. The predicted molar refractivity (Wildman–Crippen MR) is 58.4 cm³/mol. The minimum atomic E-state index is 0.926. The van der Waals surface area contributed by atoms with Gasteiger partial charge in [0.1, 0.15) is 5.75 Å². The van der Waals surface area contributed by atoms with Gasteiger partial charge in [0, 0.05) is 5.30 Å². The summed E-state index contributed by atoms with van der Waals surface area (Å²) in [6.45, 7) is 6.06. The van der Waals surface area contributed by atoms with Crippen LogP contribution in [0.1, 0.15) is 19.4 Å². The molecule has 0 spiro atoms. The highest BCUT2D eigenvalue weighted by atomic mass is 31.0. The van der Waals surface area contributed by atoms with E-state index in [2.05, 4.69) is 22.2 Å². The van der Waals surface area contributed by atoms with Crippen molar-refractivity contribution in [3.8, 4) is 5.75 Å². The molecule has 0 aliphatic carbocycles. The first-order valence-electron chi connectivity index (χ1n) is 4.14. The molecular formula is C10H17OP. The van der Waals surface area contributed by atoms with Crippen molar-refractivity contribution < 1.29 is 4.74 Å². The van der Waals surface area contributed by atoms with E-state index in [9.17, 15) is 0 Å². The maximum Gasteiger partial charge on any atom is 0.125 e. The summed E-state index contributed by atoms with van der Waals surface area (Å²) in [4.78, 5) is 0. The molecule has 68 valence electrons. The van der Waals surface area contributed by atoms with Gasteiger partial charge in [0.05, 0.1) is 7.11 Å². The number of hydrogen-bond acceptors (Lipinski definition) is 1. The number of benzene rings is 1. The average molecular weight is 184 g/mol. The highest BCUT2D eigenvalue weighted by molar-refractivity contribution is 7.27. The Hall–Kier alpha value is -0.550. The SMILES string of the molecule is CC.COc1ccc(C)cc1P. The number of rotatable bonds is 1. The summed E-state index contributed by atoms with van der Waals surface area (Å²) in [5.41, 5.74) is 1.26. The van der Waals surface area contributed by atoms with Crippen LogP contribution in [0.25, 0.3) is 0 Å². The first-order chi connectivity index (χ1) is 5.74. The Balaban J connectivity index is 0.000000561. The normalized spacial score (nSPS) is 8.42. The van der Waals surface area contributed by atoms with Crippen LogP contribution in [-0.2, 0) is 0 Å². The summed E-state index contributed by atoms with van der Waals surface area (Å²) in [7, 11) is 4.32. The Bertz CT molecular complexity index is 233. The average Bonchev–Trinajstić information content (AvgIpc) is 2.08. The van der Waals surface area contributed by atoms with Crippen LogP contribution in [0.2, 0.25) is 0 Å². The highest BCUT2D eigenvalue weighted by Crippen LogP contribution is 2.10. The summed E-state index contributed by atoms with van der Waals surface area (Å²) in [5, 5.41) is 1.11. The molecule has 12 heavy (non-hydrogen) atoms. The van der Waals surface area contributed by atoms with Crippen LogP contribution in [0.3, 0.4) is 0 Å². The predicted octanol–water partition coefficient (Wildman–Crippen LogP) is 2.53. The van der Waals surface area contributed by atoms with Crippen LogP contribution < -0.4 is 10.0 Å². The van der Waals surface area contributed by atoms with Gasteiger partial charge in [0.15, 0.2) is 0 Å². The molecule has 1 nitrogen and oxygen atoms in total. The zero-order valence-electron chi connectivity index (χ0n) is 8.22. The Kier molecular flexibility index (Phi) is 5.74. The molecule has 0 aliphatic heterocycles. The van der Waals surface area contributed by atoms with Crippen LogP contribution in [0.15, 0.2) is 18.2 Å². The fourth-order valence-electron chi connectivity index (χ4n) is 0.854. The largest absolute Gasteiger partial charge is 0.496 e. The molecule has 0 amide bonds. The van der Waals surface area contributed by atoms with E-state index in [0.717, 1.165) is 11.1 Å². The van der Waals surface area contributed by atoms with Crippen LogP contribution in [-0.4, -0.2) is 7.11 Å². The van der Waals surface area contributed by atoms with Crippen LogP contribution >= 0.6 is 9.24 Å². The molecule has 0 bridgehead atoms. The Morgan fingerprint density at radius 2 is 1.83 bits per heavy atom. The van der Waals surface area contributed by atoms with Gasteiger partial charge in [-0.25, -0.2) is 0 Å². The lowest BCUT2D eigenvalue weighted by atomic mass is 10.2. The van der Waals surface area contributed by atoms with E-state index in [1.165, 1.54) is 5.56 Å². The van der Waals surface area contributed by atoms with Crippen molar-refractivity contribution in [2.75, 3.05) is 7.11 Å². The van der Waals surface area contributed by atoms with Gasteiger partial charge in [0.25, 0.3) is 0 Å². The second-order valence-corrected chi connectivity index (χ2v) is 2.87. The van der Waals surface area contributed by atoms with E-state index in [0.29, 0.717) is 0 Å². The zero-order valence-corrected chi connectivity index (χ0v) is 9.37. The molecule has 1 unspecified atom stereocenters. The van der Waals surface area contributed by atoms with E-state index in [1.54, 1.807) is 7.11 Å². The van der Waals surface area contributed by atoms with Gasteiger partial charge in [-0.1, -0.05) is 25.5 Å². The number of hydrogen-bond donors (Lipinski definition) is 0. The van der Waals surface area contributed by atoms with Crippen LogP contribution in [0.4, 0.5) is 0 Å². The quantitative estimate of drug-likeness (QED) is 0.609. The van der Waals surface area contributed by atoms with Crippen molar-refractivity contribution in [1.82, 2.24) is 0 Å². The molecule has 1 aromatic carbocycles. The lowest BCUT2D eigenvalue weighted by Gasteiger charge is -2.03. The third-order valence-corrected chi connectivity index (χ3v) is 1.84. The van der Waals surface area contributed by atoms with Gasteiger partial charge < -0.3 is 4.74 Å². The first kappa shape index (κ1) is 11.4. The minimum absolute atomic E-state index is 0.926. The lowest BCUT2D eigenvalue weighted by molar-refractivity contribution is 0.418. The van der Waals surface area contributed by atoms with Crippen molar-refractivity contribution in [2.24, 2.45) is 0 Å². The third kappa shape index (κ3) is 3.23. The second kappa shape index (κ2) is 6.02. The molecule has 1 rings (SSSR count). The van der Waals surface area contributed by atoms with Gasteiger partial charge in [-0.3, -0.25) is 0 Å². The Labute approximate surface area is 77.3 Å². The topological polar surface area (TPSA) is 9.23 Å². The summed E-state index contributed by atoms with van der Waals surface area (Å²) in [5.74, 6) is 0.926. The highest BCUT2D eigenvalue weighted by Gasteiger charge is 1.94. The van der Waals surface area contributed by atoms with Crippen molar-refractivity contribution >= 4 is 14.5 Å². The van der Waals surface area contributed by atoms with Crippen molar-refractivity contribution in [2.45, 2.75) is 20.8 Å². The molecule has 2 heteroatoms. The fraction of sp³-hybridized carbons (Fsp3) is 0.400. The molecule has 0 saturated carbocycles. The smallest absolute Gasteiger partial charge is 0.125 e. The fourth-order valence-corrected chi connectivity index (χ4v) is 1.33. The van der Waals surface area contributed by atoms with E-state index in [-0.39, 0.29) is 0 Å². The van der Waals surface area contributed by atoms with Gasteiger partial charge in [0.2, 0.25) is 0 Å². The van der Waals surface area contributed by atoms with E-state index in [1.807, 2.05) is 26.0 Å². The van der Waals surface area contributed by atoms with E-state index >= 15 is 0 Å². The number of methoxy groups -OCH3 is 1. The van der Waals surface area contributed by atoms with Crippen LogP contribution in [0.5, 0.6) is 5.75 Å². The Morgan fingerprint density at radius 3 is 2.25 bits per heavy atom. The monoisotopic (exact) mass is 184 g/mol. The molecule has 1 atom stereocenters. The molecule has 0 N–H and O–H groups in total. The second-order valence-electron chi connectivity index (χ2n) is 2.25. The number of aryl methyl sites for hydroxylation is 1. The summed E-state index contributed by atoms with van der Waals surface area (Å²) >= 11 is 0. The van der Waals surface area contributed by atoms with Crippen molar-refractivity contribution in [3.05, 3.63) is 23.8 Å². The summed E-state index contributed by atoms with van der Waals surface area (Å²) in [6, 6.07) is 6.08. The van der Waals surface area contributed by atoms with Crippen molar-refractivity contribution in [1.29, 1.82) is 0 Å². The summed E-state index contributed by atoms with van der Waals surface area (Å²) in [6.07, 6.45) is 0. The number of ether oxygens (including phenoxy) is 1.